The highest BCUT2D eigenvalue weighted by molar-refractivity contribution is 5.97. The second-order valence-electron chi connectivity index (χ2n) is 10.4. The van der Waals surface area contributed by atoms with Gasteiger partial charge in [-0.15, -0.1) is 0 Å². The molecule has 1 aliphatic heterocycles. The van der Waals surface area contributed by atoms with Gasteiger partial charge < -0.3 is 14.7 Å². The van der Waals surface area contributed by atoms with E-state index in [0.717, 1.165) is 56.6 Å². The number of benzene rings is 5. The molecule has 204 valence electrons. The molecule has 5 aromatic carbocycles. The third kappa shape index (κ3) is 4.44. The number of fused-ring (bicyclic) bond motifs is 7. The van der Waals surface area contributed by atoms with Crippen LogP contribution in [0, 0.1) is 0 Å². The summed E-state index contributed by atoms with van der Waals surface area (Å²) in [5.74, 6) is 0. The monoisotopic (exact) mass is 553 g/mol. The maximum Gasteiger partial charge on any atom is 0.161 e. The predicted molar refractivity (Wildman–Crippen MR) is 177 cm³/mol. The number of hydrogen-bond donors (Lipinski definition) is 0. The third-order valence-electron chi connectivity index (χ3n) is 7.80. The van der Waals surface area contributed by atoms with Gasteiger partial charge in [-0.1, -0.05) is 54.6 Å². The van der Waals surface area contributed by atoms with Gasteiger partial charge in [-0.3, -0.25) is 0 Å². The van der Waals surface area contributed by atoms with Gasteiger partial charge in [0.05, 0.1) is 5.69 Å². The molecular formula is C38H27N5. The predicted octanol–water partition coefficient (Wildman–Crippen LogP) is 10.4. The summed E-state index contributed by atoms with van der Waals surface area (Å²) < 4.78 is 0. The zero-order valence-corrected chi connectivity index (χ0v) is 23.3. The average Bonchev–Trinajstić information content (AvgIpc) is 3.07. The third-order valence-corrected chi connectivity index (χ3v) is 7.80. The van der Waals surface area contributed by atoms with E-state index in [0.29, 0.717) is 5.65 Å². The molecule has 0 unspecified atom stereocenters. The van der Waals surface area contributed by atoms with Crippen LogP contribution in [0.5, 0.6) is 0 Å². The molecule has 0 radical (unpaired) electrons. The molecule has 5 nitrogen and oxygen atoms in total. The van der Waals surface area contributed by atoms with Crippen molar-refractivity contribution in [1.29, 1.82) is 0 Å². The summed E-state index contributed by atoms with van der Waals surface area (Å²) in [6, 6.07) is 53.4. The van der Waals surface area contributed by atoms with Crippen LogP contribution in [-0.2, 0) is 0 Å². The van der Waals surface area contributed by atoms with Crippen LogP contribution in [0.4, 0.5) is 51.2 Å². The summed E-state index contributed by atoms with van der Waals surface area (Å²) >= 11 is 0. The first kappa shape index (κ1) is 24.8. The van der Waals surface area contributed by atoms with Crippen molar-refractivity contribution in [3.63, 3.8) is 0 Å². The normalized spacial score (nSPS) is 12.5. The van der Waals surface area contributed by atoms with Crippen LogP contribution in [-0.4, -0.2) is 9.97 Å². The van der Waals surface area contributed by atoms with Gasteiger partial charge in [0.25, 0.3) is 0 Å². The fourth-order valence-corrected chi connectivity index (χ4v) is 5.95. The van der Waals surface area contributed by atoms with Crippen LogP contribution in [0.3, 0.4) is 0 Å². The Morgan fingerprint density at radius 2 is 0.744 bits per heavy atom. The standard InChI is InChI=1S/C38H27N5/c1-3-11-28(12-4-1)41-30-15-7-16-31(25-30)42(29-13-5-2-6-14-29)33-18-9-20-35(27-33)43(34-19-8-17-32(41)26-34)37-22-24-40-38-36(37)21-10-23-39-38/h1-27H. The lowest BCUT2D eigenvalue weighted by Gasteiger charge is -2.33. The Hall–Kier alpha value is -5.94. The van der Waals surface area contributed by atoms with Crippen molar-refractivity contribution in [3.05, 3.63) is 164 Å². The highest BCUT2D eigenvalue weighted by atomic mass is 15.2. The van der Waals surface area contributed by atoms with Gasteiger partial charge in [-0.25, -0.2) is 9.97 Å². The van der Waals surface area contributed by atoms with E-state index in [4.69, 9.17) is 0 Å². The molecule has 8 rings (SSSR count). The minimum absolute atomic E-state index is 0.713. The number of rotatable bonds is 3. The molecule has 0 fully saturated rings. The van der Waals surface area contributed by atoms with E-state index in [1.165, 1.54) is 0 Å². The van der Waals surface area contributed by atoms with Gasteiger partial charge in [-0.2, -0.15) is 0 Å². The highest BCUT2D eigenvalue weighted by Gasteiger charge is 2.22. The number of hydrogen-bond acceptors (Lipinski definition) is 5. The van der Waals surface area contributed by atoms with Crippen molar-refractivity contribution in [3.8, 4) is 0 Å². The van der Waals surface area contributed by atoms with Crippen molar-refractivity contribution in [2.24, 2.45) is 0 Å². The summed E-state index contributed by atoms with van der Waals surface area (Å²) in [7, 11) is 0. The molecule has 0 aliphatic carbocycles. The summed E-state index contributed by atoms with van der Waals surface area (Å²) in [5.41, 5.74) is 10.2. The smallest absolute Gasteiger partial charge is 0.161 e. The van der Waals surface area contributed by atoms with E-state index in [1.807, 2.05) is 12.3 Å². The molecule has 0 saturated heterocycles. The minimum atomic E-state index is 0.713. The van der Waals surface area contributed by atoms with Gasteiger partial charge in [0, 0.05) is 63.3 Å². The molecule has 0 spiro atoms. The van der Waals surface area contributed by atoms with Crippen molar-refractivity contribution in [1.82, 2.24) is 9.97 Å². The molecule has 6 bridgehead atoms. The fourth-order valence-electron chi connectivity index (χ4n) is 5.95. The van der Waals surface area contributed by atoms with Crippen LogP contribution in [0.1, 0.15) is 0 Å². The van der Waals surface area contributed by atoms with E-state index in [9.17, 15) is 0 Å². The van der Waals surface area contributed by atoms with E-state index in [2.05, 4.69) is 170 Å². The van der Waals surface area contributed by atoms with Crippen molar-refractivity contribution >= 4 is 62.2 Å². The molecule has 1 aliphatic rings. The lowest BCUT2D eigenvalue weighted by Crippen LogP contribution is -2.16. The molecule has 0 saturated carbocycles. The van der Waals surface area contributed by atoms with Gasteiger partial charge in [-0.05, 0) is 97.1 Å². The number of aromatic nitrogens is 2. The second-order valence-corrected chi connectivity index (χ2v) is 10.4. The molecule has 43 heavy (non-hydrogen) atoms. The molecule has 2 aromatic heterocycles. The summed E-state index contributed by atoms with van der Waals surface area (Å²) in [6.07, 6.45) is 3.63. The Bertz CT molecular complexity index is 1950. The van der Waals surface area contributed by atoms with Gasteiger partial charge in [0.1, 0.15) is 0 Å². The first-order chi connectivity index (χ1) is 21.3. The maximum atomic E-state index is 4.57. The minimum Gasteiger partial charge on any atom is -0.310 e. The van der Waals surface area contributed by atoms with E-state index < -0.39 is 0 Å². The number of nitrogens with zero attached hydrogens (tertiary/aromatic N) is 5. The van der Waals surface area contributed by atoms with E-state index in [1.54, 1.807) is 6.20 Å². The molecule has 7 aromatic rings. The Kier molecular flexibility index (Phi) is 6.05. The largest absolute Gasteiger partial charge is 0.310 e. The molecule has 3 heterocycles. The van der Waals surface area contributed by atoms with Crippen molar-refractivity contribution in [2.45, 2.75) is 0 Å². The van der Waals surface area contributed by atoms with E-state index >= 15 is 0 Å². The quantitative estimate of drug-likeness (QED) is 0.217. The lowest BCUT2D eigenvalue weighted by atomic mass is 10.1. The van der Waals surface area contributed by atoms with Crippen LogP contribution < -0.4 is 14.7 Å². The first-order valence-corrected chi connectivity index (χ1v) is 14.3. The average molecular weight is 554 g/mol. The lowest BCUT2D eigenvalue weighted by molar-refractivity contribution is 1.21. The second kappa shape index (κ2) is 10.5. The number of para-hydroxylation sites is 2. The van der Waals surface area contributed by atoms with Crippen LogP contribution in [0.15, 0.2) is 164 Å². The fraction of sp³-hybridized carbons (Fsp3) is 0. The zero-order valence-electron chi connectivity index (χ0n) is 23.3. The molecular weight excluding hydrogens is 526 g/mol. The Labute approximate surface area is 250 Å². The number of pyridine rings is 2. The first-order valence-electron chi connectivity index (χ1n) is 14.3. The maximum absolute atomic E-state index is 4.57. The molecule has 5 heteroatoms. The zero-order chi connectivity index (χ0) is 28.6. The summed E-state index contributed by atoms with van der Waals surface area (Å²) in [4.78, 5) is 16.1. The molecule has 0 amide bonds. The Morgan fingerprint density at radius 1 is 0.326 bits per heavy atom. The van der Waals surface area contributed by atoms with Gasteiger partial charge in [0.15, 0.2) is 5.65 Å². The van der Waals surface area contributed by atoms with Gasteiger partial charge >= 0.3 is 0 Å². The molecule has 0 atom stereocenters. The topological polar surface area (TPSA) is 35.5 Å². The summed E-state index contributed by atoms with van der Waals surface area (Å²) in [6.45, 7) is 0. The number of anilines is 9. The SMILES string of the molecule is c1ccc(N2c3cccc(c3)N(c3ccccc3)c3cccc(c3)N(c3ccnc4ncccc34)c3cccc2c3)cc1. The van der Waals surface area contributed by atoms with Crippen LogP contribution in [0.2, 0.25) is 0 Å². The van der Waals surface area contributed by atoms with Crippen molar-refractivity contribution < 1.29 is 0 Å². The van der Waals surface area contributed by atoms with Crippen molar-refractivity contribution in [2.75, 3.05) is 14.7 Å². The Morgan fingerprint density at radius 3 is 1.23 bits per heavy atom. The van der Waals surface area contributed by atoms with Crippen LogP contribution in [0.25, 0.3) is 11.0 Å². The van der Waals surface area contributed by atoms with E-state index in [-0.39, 0.29) is 0 Å². The summed E-state index contributed by atoms with van der Waals surface area (Å²) in [5, 5.41) is 0.984. The Balaban J connectivity index is 1.46. The molecule has 0 N–H and O–H groups in total. The van der Waals surface area contributed by atoms with Gasteiger partial charge in [0.2, 0.25) is 0 Å². The van der Waals surface area contributed by atoms with Crippen LogP contribution >= 0.6 is 0 Å². The highest BCUT2D eigenvalue weighted by Crippen LogP contribution is 2.46.